The number of nitrogens with two attached hydrogens (primary N) is 1. The van der Waals surface area contributed by atoms with Gasteiger partial charge < -0.3 is 31.2 Å². The van der Waals surface area contributed by atoms with Crippen molar-refractivity contribution >= 4 is 35.5 Å². The summed E-state index contributed by atoms with van der Waals surface area (Å²) in [6, 6.07) is 10.0. The number of aromatic nitrogens is 1. The summed E-state index contributed by atoms with van der Waals surface area (Å²) in [5, 5.41) is 11.1. The number of anilines is 1. The lowest BCUT2D eigenvalue weighted by atomic mass is 9.95. The fraction of sp³-hybridized carbons (Fsp3) is 0.529. The van der Waals surface area contributed by atoms with Gasteiger partial charge in [-0.05, 0) is 62.4 Å². The van der Waals surface area contributed by atoms with Crippen molar-refractivity contribution < 1.29 is 33.4 Å². The summed E-state index contributed by atoms with van der Waals surface area (Å²) in [6.07, 6.45) is 4.79. The molecule has 0 radical (unpaired) electrons. The molecular weight excluding hydrogens is 604 g/mol. The number of benzene rings is 1. The Hall–Kier alpha value is -4.68. The van der Waals surface area contributed by atoms with Crippen LogP contribution in [-0.4, -0.2) is 59.1 Å². The van der Waals surface area contributed by atoms with Crippen LogP contribution in [0, 0.1) is 11.3 Å². The molecule has 3 rings (SSSR count). The van der Waals surface area contributed by atoms with Crippen LogP contribution in [0.2, 0.25) is 0 Å². The zero-order chi connectivity index (χ0) is 34.6. The monoisotopic (exact) mass is 652 g/mol. The quantitative estimate of drug-likeness (QED) is 0.119. The number of carbonyl (C=O) groups is 5. The first-order valence-corrected chi connectivity index (χ1v) is 16.1. The van der Waals surface area contributed by atoms with Crippen LogP contribution in [-0.2, 0) is 30.3 Å². The summed E-state index contributed by atoms with van der Waals surface area (Å²) in [4.78, 5) is 67.9. The smallest absolute Gasteiger partial charge is 0.415 e. The molecule has 1 fully saturated rings. The largest absolute Gasteiger partial charge is 0.457 e. The van der Waals surface area contributed by atoms with Crippen LogP contribution < -0.4 is 31.7 Å². The maximum atomic E-state index is 13.7. The Balaban J connectivity index is 1.65. The second-order valence-corrected chi connectivity index (χ2v) is 12.5. The standard InChI is InChI=1S/C34H48N6O7/c1-6-8-9-13-27(41)37-25(29(42)39-28(22(3)7-2)30(43)40-34(5)20-33(34,4)31(35)44)19-23-14-16-24(17-15-23)46-21-47-32(45)38-26-12-10-11-18-36-26/h10-12,14-18,22,25,28H,6-9,13,19-21H2,1-5H3,(H2,35,44)(H,37,41)(H,39,42)(H,40,43)(H,36,38,45). The van der Waals surface area contributed by atoms with E-state index in [1.54, 1.807) is 56.3 Å². The normalized spacial score (nSPS) is 20.1. The summed E-state index contributed by atoms with van der Waals surface area (Å²) < 4.78 is 10.5. The fourth-order valence-electron chi connectivity index (χ4n) is 5.21. The molecule has 2 aromatic rings. The molecule has 1 aliphatic rings. The van der Waals surface area contributed by atoms with Gasteiger partial charge in [-0.2, -0.15) is 0 Å². The van der Waals surface area contributed by atoms with E-state index < -0.39 is 46.9 Å². The van der Waals surface area contributed by atoms with E-state index in [0.717, 1.165) is 18.4 Å². The Morgan fingerprint density at radius 3 is 2.30 bits per heavy atom. The minimum atomic E-state index is -0.957. The van der Waals surface area contributed by atoms with Gasteiger partial charge in [0.25, 0.3) is 0 Å². The van der Waals surface area contributed by atoms with E-state index in [1.165, 1.54) is 6.20 Å². The van der Waals surface area contributed by atoms with Crippen molar-refractivity contribution in [2.24, 2.45) is 17.1 Å². The van der Waals surface area contributed by atoms with Gasteiger partial charge in [0.15, 0.2) is 0 Å². The van der Waals surface area contributed by atoms with E-state index in [9.17, 15) is 24.0 Å². The second-order valence-electron chi connectivity index (χ2n) is 12.5. The van der Waals surface area contributed by atoms with Crippen LogP contribution in [0.3, 0.4) is 0 Å². The molecule has 1 saturated carbocycles. The fourth-order valence-corrected chi connectivity index (χ4v) is 5.21. The molecule has 13 heteroatoms. The van der Waals surface area contributed by atoms with Crippen LogP contribution in [0.25, 0.3) is 0 Å². The number of primary amides is 1. The predicted molar refractivity (Wildman–Crippen MR) is 176 cm³/mol. The van der Waals surface area contributed by atoms with Crippen LogP contribution in [0.4, 0.5) is 10.6 Å². The minimum Gasteiger partial charge on any atom is -0.457 e. The van der Waals surface area contributed by atoms with E-state index >= 15 is 0 Å². The summed E-state index contributed by atoms with van der Waals surface area (Å²) in [5.74, 6) is -1.12. The zero-order valence-corrected chi connectivity index (χ0v) is 27.9. The van der Waals surface area contributed by atoms with Gasteiger partial charge in [0.1, 0.15) is 23.7 Å². The molecule has 256 valence electrons. The summed E-state index contributed by atoms with van der Waals surface area (Å²) in [7, 11) is 0. The summed E-state index contributed by atoms with van der Waals surface area (Å²) in [6.45, 7) is 8.95. The molecule has 6 N–H and O–H groups in total. The number of pyridine rings is 1. The number of carbonyl (C=O) groups excluding carboxylic acids is 5. The Kier molecular flexibility index (Phi) is 13.1. The third-order valence-electron chi connectivity index (χ3n) is 8.87. The molecule has 1 aromatic carbocycles. The number of nitrogens with one attached hydrogen (secondary N) is 4. The maximum Gasteiger partial charge on any atom is 0.415 e. The molecule has 5 amide bonds. The summed E-state index contributed by atoms with van der Waals surface area (Å²) in [5.41, 5.74) is 4.62. The average Bonchev–Trinajstić information content (AvgIpc) is 3.60. The molecule has 1 aliphatic carbocycles. The molecule has 0 aliphatic heterocycles. The molecule has 47 heavy (non-hydrogen) atoms. The van der Waals surface area contributed by atoms with Gasteiger partial charge in [-0.3, -0.25) is 24.5 Å². The third-order valence-corrected chi connectivity index (χ3v) is 8.87. The number of rotatable bonds is 18. The highest BCUT2D eigenvalue weighted by atomic mass is 16.7. The number of amides is 5. The lowest BCUT2D eigenvalue weighted by molar-refractivity contribution is -0.133. The lowest BCUT2D eigenvalue weighted by Gasteiger charge is -2.29. The number of nitrogens with zero attached hydrogens (tertiary/aromatic N) is 1. The molecule has 0 bridgehead atoms. The van der Waals surface area contributed by atoms with E-state index in [1.807, 2.05) is 20.8 Å². The molecule has 0 saturated heterocycles. The molecule has 0 spiro atoms. The molecule has 5 atom stereocenters. The van der Waals surface area contributed by atoms with Gasteiger partial charge >= 0.3 is 6.09 Å². The zero-order valence-electron chi connectivity index (χ0n) is 27.9. The first-order chi connectivity index (χ1) is 22.3. The highest BCUT2D eigenvalue weighted by molar-refractivity contribution is 5.94. The van der Waals surface area contributed by atoms with E-state index in [4.69, 9.17) is 15.2 Å². The van der Waals surface area contributed by atoms with Crippen LogP contribution in [0.5, 0.6) is 5.75 Å². The Morgan fingerprint density at radius 2 is 1.70 bits per heavy atom. The van der Waals surface area contributed by atoms with Crippen molar-refractivity contribution in [2.75, 3.05) is 12.1 Å². The molecule has 1 heterocycles. The number of ether oxygens (including phenoxy) is 2. The van der Waals surface area contributed by atoms with Crippen molar-refractivity contribution in [3.63, 3.8) is 0 Å². The second kappa shape index (κ2) is 16.8. The third kappa shape index (κ3) is 10.4. The summed E-state index contributed by atoms with van der Waals surface area (Å²) >= 11 is 0. The Bertz CT molecular complexity index is 1390. The Morgan fingerprint density at radius 1 is 0.979 bits per heavy atom. The first-order valence-electron chi connectivity index (χ1n) is 16.1. The Labute approximate surface area is 276 Å². The molecule has 13 nitrogen and oxygen atoms in total. The predicted octanol–water partition coefficient (Wildman–Crippen LogP) is 3.58. The van der Waals surface area contributed by atoms with Crippen LogP contribution in [0.15, 0.2) is 48.7 Å². The van der Waals surface area contributed by atoms with Gasteiger partial charge in [0.05, 0.1) is 11.0 Å². The SMILES string of the molecule is CCCCCC(=O)NC(Cc1ccc(OCOC(=O)Nc2ccccn2)cc1)C(=O)NC(C(=O)NC1(C)CC1(C)C(N)=O)C(C)CC. The lowest BCUT2D eigenvalue weighted by Crippen LogP contribution is -2.58. The van der Waals surface area contributed by atoms with Crippen molar-refractivity contribution in [1.29, 1.82) is 0 Å². The first kappa shape index (κ1) is 36.8. The van der Waals surface area contributed by atoms with Crippen LogP contribution in [0.1, 0.15) is 78.7 Å². The van der Waals surface area contributed by atoms with Crippen molar-refractivity contribution in [3.8, 4) is 5.75 Å². The van der Waals surface area contributed by atoms with Gasteiger partial charge in [0, 0.05) is 19.0 Å². The van der Waals surface area contributed by atoms with Crippen molar-refractivity contribution in [1.82, 2.24) is 20.9 Å². The van der Waals surface area contributed by atoms with Crippen LogP contribution >= 0.6 is 0 Å². The topological polar surface area (TPSA) is 191 Å². The maximum absolute atomic E-state index is 13.7. The van der Waals surface area contributed by atoms with E-state index in [2.05, 4.69) is 26.3 Å². The van der Waals surface area contributed by atoms with Gasteiger partial charge in [-0.15, -0.1) is 0 Å². The molecule has 1 aromatic heterocycles. The molecular formula is C34H48N6O7. The molecule has 5 unspecified atom stereocenters. The van der Waals surface area contributed by atoms with E-state index in [0.29, 0.717) is 30.8 Å². The van der Waals surface area contributed by atoms with Crippen molar-refractivity contribution in [2.45, 2.75) is 97.2 Å². The minimum absolute atomic E-state index is 0.154. The van der Waals surface area contributed by atoms with Gasteiger partial charge in [0.2, 0.25) is 30.4 Å². The highest BCUT2D eigenvalue weighted by Gasteiger charge is 2.66. The highest BCUT2D eigenvalue weighted by Crippen LogP contribution is 2.55. The number of hydrogen-bond donors (Lipinski definition) is 5. The van der Waals surface area contributed by atoms with Gasteiger partial charge in [-0.1, -0.05) is 58.2 Å². The number of unbranched alkanes of at least 4 members (excludes halogenated alkanes) is 2. The van der Waals surface area contributed by atoms with Crippen molar-refractivity contribution in [3.05, 3.63) is 54.2 Å². The van der Waals surface area contributed by atoms with Gasteiger partial charge in [-0.25, -0.2) is 9.78 Å². The number of hydrogen-bond acceptors (Lipinski definition) is 8. The average molecular weight is 653 g/mol. The van der Waals surface area contributed by atoms with E-state index in [-0.39, 0.29) is 31.5 Å².